The molecule has 0 radical (unpaired) electrons. The van der Waals surface area contributed by atoms with Crippen LogP contribution < -0.4 is 10.1 Å². The molecule has 0 saturated carbocycles. The monoisotopic (exact) mass is 361 g/mol. The van der Waals surface area contributed by atoms with Gasteiger partial charge in [0.2, 0.25) is 0 Å². The molecule has 6 nitrogen and oxygen atoms in total. The average molecular weight is 361 g/mol. The van der Waals surface area contributed by atoms with Crippen LogP contribution >= 0.6 is 0 Å². The molecule has 0 spiro atoms. The van der Waals surface area contributed by atoms with Crippen LogP contribution in [0.4, 0.5) is 4.79 Å². The average Bonchev–Trinajstić information content (AvgIpc) is 3.11. The maximum Gasteiger partial charge on any atom is 0.317 e. The van der Waals surface area contributed by atoms with Gasteiger partial charge in [-0.05, 0) is 37.8 Å². The first kappa shape index (κ1) is 19.0. The zero-order valence-electron chi connectivity index (χ0n) is 16.0. The molecule has 3 rings (SSSR count). The molecule has 144 valence electrons. The van der Waals surface area contributed by atoms with Crippen molar-refractivity contribution >= 4 is 6.03 Å². The van der Waals surface area contributed by atoms with Crippen LogP contribution in [0.5, 0.6) is 5.75 Å². The topological polar surface area (TPSA) is 54.0 Å². The second kappa shape index (κ2) is 9.24. The van der Waals surface area contributed by atoms with Gasteiger partial charge in [0.25, 0.3) is 0 Å². The predicted molar refractivity (Wildman–Crippen MR) is 102 cm³/mol. The van der Waals surface area contributed by atoms with Crippen molar-refractivity contribution in [2.45, 2.75) is 32.2 Å². The largest absolute Gasteiger partial charge is 0.496 e. The number of methoxy groups -OCH3 is 1. The lowest BCUT2D eigenvalue weighted by Gasteiger charge is -2.33. The number of likely N-dealkylation sites (tertiary alicyclic amines) is 1. The minimum Gasteiger partial charge on any atom is -0.496 e. The predicted octanol–water partition coefficient (Wildman–Crippen LogP) is 2.05. The van der Waals surface area contributed by atoms with E-state index in [-0.39, 0.29) is 6.03 Å². The number of nitrogens with zero attached hydrogens (tertiary/aromatic N) is 2. The van der Waals surface area contributed by atoms with Gasteiger partial charge in [-0.2, -0.15) is 0 Å². The number of hydrogen-bond acceptors (Lipinski definition) is 4. The number of benzene rings is 1. The van der Waals surface area contributed by atoms with Gasteiger partial charge in [-0.3, -0.25) is 4.90 Å². The SMILES string of the molecule is COc1ccc(C)cc1CCNC(=O)N1CCCC1CN1CCOCC1. The standard InChI is InChI=1S/C20H31N3O3/c1-16-5-6-19(25-2)17(14-16)7-8-21-20(24)23-9-3-4-18(23)15-22-10-12-26-13-11-22/h5-6,14,18H,3-4,7-13,15H2,1-2H3,(H,21,24). The Kier molecular flexibility index (Phi) is 6.74. The molecule has 0 bridgehead atoms. The van der Waals surface area contributed by atoms with E-state index < -0.39 is 0 Å². The summed E-state index contributed by atoms with van der Waals surface area (Å²) in [5.41, 5.74) is 2.34. The number of ether oxygens (including phenoxy) is 2. The summed E-state index contributed by atoms with van der Waals surface area (Å²) in [5, 5.41) is 3.10. The Balaban J connectivity index is 1.48. The van der Waals surface area contributed by atoms with Gasteiger partial charge >= 0.3 is 6.03 Å². The van der Waals surface area contributed by atoms with Crippen molar-refractivity contribution in [3.63, 3.8) is 0 Å². The first-order valence-electron chi connectivity index (χ1n) is 9.65. The molecule has 2 amide bonds. The Morgan fingerprint density at radius 2 is 2.12 bits per heavy atom. The van der Waals surface area contributed by atoms with E-state index in [0.717, 1.165) is 70.0 Å². The molecule has 26 heavy (non-hydrogen) atoms. The van der Waals surface area contributed by atoms with Crippen molar-refractivity contribution in [2.24, 2.45) is 0 Å². The minimum atomic E-state index is 0.0624. The van der Waals surface area contributed by atoms with Crippen LogP contribution in [0.3, 0.4) is 0 Å². The number of carbonyl (C=O) groups is 1. The van der Waals surface area contributed by atoms with Crippen LogP contribution in [0, 0.1) is 6.92 Å². The summed E-state index contributed by atoms with van der Waals surface area (Å²) in [6, 6.07) is 6.54. The van der Waals surface area contributed by atoms with Gasteiger partial charge in [-0.25, -0.2) is 4.79 Å². The van der Waals surface area contributed by atoms with Gasteiger partial charge in [-0.1, -0.05) is 17.7 Å². The van der Waals surface area contributed by atoms with Gasteiger partial charge in [0.15, 0.2) is 0 Å². The molecule has 2 heterocycles. The van der Waals surface area contributed by atoms with Crippen LogP contribution in [0.1, 0.15) is 24.0 Å². The first-order chi connectivity index (χ1) is 12.7. The van der Waals surface area contributed by atoms with E-state index in [1.54, 1.807) is 7.11 Å². The molecule has 1 aromatic rings. The number of morpholine rings is 1. The van der Waals surface area contributed by atoms with Crippen molar-refractivity contribution in [1.82, 2.24) is 15.1 Å². The lowest BCUT2D eigenvalue weighted by Crippen LogP contribution is -2.49. The molecule has 2 saturated heterocycles. The van der Waals surface area contributed by atoms with Crippen LogP contribution in [0.15, 0.2) is 18.2 Å². The lowest BCUT2D eigenvalue weighted by molar-refractivity contribution is 0.0292. The summed E-state index contributed by atoms with van der Waals surface area (Å²) in [5.74, 6) is 0.885. The summed E-state index contributed by atoms with van der Waals surface area (Å²) in [6.45, 7) is 8.06. The number of hydrogen-bond donors (Lipinski definition) is 1. The van der Waals surface area contributed by atoms with Crippen molar-refractivity contribution in [3.05, 3.63) is 29.3 Å². The Morgan fingerprint density at radius 3 is 2.88 bits per heavy atom. The second-order valence-corrected chi connectivity index (χ2v) is 7.20. The zero-order valence-corrected chi connectivity index (χ0v) is 16.0. The number of nitrogens with one attached hydrogen (secondary N) is 1. The van der Waals surface area contributed by atoms with Gasteiger partial charge in [0, 0.05) is 38.8 Å². The third-order valence-corrected chi connectivity index (χ3v) is 5.32. The highest BCUT2D eigenvalue weighted by molar-refractivity contribution is 5.74. The fourth-order valence-corrected chi connectivity index (χ4v) is 3.88. The van der Waals surface area contributed by atoms with E-state index in [4.69, 9.17) is 9.47 Å². The third-order valence-electron chi connectivity index (χ3n) is 5.32. The second-order valence-electron chi connectivity index (χ2n) is 7.20. The molecule has 1 aromatic carbocycles. The molecular formula is C20H31N3O3. The highest BCUT2D eigenvalue weighted by atomic mass is 16.5. The number of rotatable bonds is 6. The van der Waals surface area contributed by atoms with E-state index >= 15 is 0 Å². The van der Waals surface area contributed by atoms with E-state index in [1.165, 1.54) is 5.56 Å². The Labute approximate surface area is 156 Å². The van der Waals surface area contributed by atoms with Crippen molar-refractivity contribution < 1.29 is 14.3 Å². The minimum absolute atomic E-state index is 0.0624. The summed E-state index contributed by atoms with van der Waals surface area (Å²) in [4.78, 5) is 17.1. The van der Waals surface area contributed by atoms with Crippen molar-refractivity contribution in [1.29, 1.82) is 0 Å². The van der Waals surface area contributed by atoms with E-state index in [9.17, 15) is 4.79 Å². The van der Waals surface area contributed by atoms with Gasteiger partial charge in [-0.15, -0.1) is 0 Å². The molecule has 1 unspecified atom stereocenters. The van der Waals surface area contributed by atoms with Crippen LogP contribution in [0.25, 0.3) is 0 Å². The number of carbonyl (C=O) groups excluding carboxylic acids is 1. The molecular weight excluding hydrogens is 330 g/mol. The van der Waals surface area contributed by atoms with Gasteiger partial charge < -0.3 is 19.7 Å². The van der Waals surface area contributed by atoms with Crippen molar-refractivity contribution in [2.75, 3.05) is 53.0 Å². The Morgan fingerprint density at radius 1 is 1.31 bits per heavy atom. The third kappa shape index (κ3) is 4.89. The highest BCUT2D eigenvalue weighted by Gasteiger charge is 2.30. The molecule has 6 heteroatoms. The van der Waals surface area contributed by atoms with Crippen LogP contribution in [-0.2, 0) is 11.2 Å². The smallest absolute Gasteiger partial charge is 0.317 e. The highest BCUT2D eigenvalue weighted by Crippen LogP contribution is 2.21. The fourth-order valence-electron chi connectivity index (χ4n) is 3.88. The van der Waals surface area contributed by atoms with Crippen LogP contribution in [0.2, 0.25) is 0 Å². The van der Waals surface area contributed by atoms with Crippen molar-refractivity contribution in [3.8, 4) is 5.75 Å². The summed E-state index contributed by atoms with van der Waals surface area (Å²) in [6.07, 6.45) is 2.96. The molecule has 1 atom stereocenters. The number of aryl methyl sites for hydroxylation is 1. The zero-order chi connectivity index (χ0) is 18.4. The summed E-state index contributed by atoms with van der Waals surface area (Å²) in [7, 11) is 1.69. The van der Waals surface area contributed by atoms with Gasteiger partial charge in [0.1, 0.15) is 5.75 Å². The van der Waals surface area contributed by atoms with E-state index in [1.807, 2.05) is 17.0 Å². The summed E-state index contributed by atoms with van der Waals surface area (Å²) < 4.78 is 10.8. The molecule has 0 aliphatic carbocycles. The van der Waals surface area contributed by atoms with E-state index in [2.05, 4.69) is 23.2 Å². The normalized spacial score (nSPS) is 21.0. The molecule has 1 N–H and O–H groups in total. The molecule has 2 aliphatic heterocycles. The molecule has 0 aromatic heterocycles. The molecule has 2 fully saturated rings. The lowest BCUT2D eigenvalue weighted by atomic mass is 10.1. The van der Waals surface area contributed by atoms with Gasteiger partial charge in [0.05, 0.1) is 20.3 Å². The quantitative estimate of drug-likeness (QED) is 0.843. The summed E-state index contributed by atoms with van der Waals surface area (Å²) >= 11 is 0. The first-order valence-corrected chi connectivity index (χ1v) is 9.65. The Hall–Kier alpha value is -1.79. The van der Waals surface area contributed by atoms with Crippen LogP contribution in [-0.4, -0.2) is 74.9 Å². The maximum atomic E-state index is 12.6. The maximum absolute atomic E-state index is 12.6. The fraction of sp³-hybridized carbons (Fsp3) is 0.650. The molecule has 2 aliphatic rings. The number of urea groups is 1. The van der Waals surface area contributed by atoms with E-state index in [0.29, 0.717) is 12.6 Å². The number of amides is 2. The Bertz CT molecular complexity index is 602.